The summed E-state index contributed by atoms with van der Waals surface area (Å²) in [5, 5.41) is 1.28. The summed E-state index contributed by atoms with van der Waals surface area (Å²) >= 11 is 1.93. The summed E-state index contributed by atoms with van der Waals surface area (Å²) in [6, 6.07) is 0.968. The maximum Gasteiger partial charge on any atom is 0.186 e. The molecule has 1 saturated heterocycles. The number of anilines is 1. The Morgan fingerprint density at radius 2 is 2.00 bits per heavy atom. The van der Waals surface area contributed by atoms with E-state index in [4.69, 9.17) is 10.7 Å². The molecule has 1 saturated carbocycles. The number of hydrogen-bond donors (Lipinski definition) is 1. The molecule has 0 aromatic carbocycles. The maximum absolute atomic E-state index is 6.22. The summed E-state index contributed by atoms with van der Waals surface area (Å²) in [5.41, 5.74) is 7.44. The van der Waals surface area contributed by atoms with E-state index in [1.165, 1.54) is 67.2 Å². The fourth-order valence-electron chi connectivity index (χ4n) is 4.25. The molecule has 1 aliphatic heterocycles. The SMILES string of the molecule is NC1CCCc2sc(N3CCCC4CCCC43)nc21. The van der Waals surface area contributed by atoms with Gasteiger partial charge in [-0.3, -0.25) is 0 Å². The van der Waals surface area contributed by atoms with E-state index in [2.05, 4.69) is 4.90 Å². The normalized spacial score (nSPS) is 34.2. The summed E-state index contributed by atoms with van der Waals surface area (Å²) in [6.07, 6.45) is 10.6. The molecule has 3 unspecified atom stereocenters. The number of hydrogen-bond acceptors (Lipinski definition) is 4. The molecule has 19 heavy (non-hydrogen) atoms. The van der Waals surface area contributed by atoms with E-state index in [1.54, 1.807) is 0 Å². The highest BCUT2D eigenvalue weighted by atomic mass is 32.1. The molecule has 104 valence electrons. The van der Waals surface area contributed by atoms with Gasteiger partial charge in [0, 0.05) is 23.5 Å². The van der Waals surface area contributed by atoms with Crippen molar-refractivity contribution in [2.45, 2.75) is 63.5 Å². The van der Waals surface area contributed by atoms with Crippen LogP contribution in [0.25, 0.3) is 0 Å². The van der Waals surface area contributed by atoms with E-state index in [0.29, 0.717) is 0 Å². The number of piperidine rings is 1. The van der Waals surface area contributed by atoms with Gasteiger partial charge in [0.05, 0.1) is 5.69 Å². The Labute approximate surface area is 119 Å². The number of rotatable bonds is 1. The van der Waals surface area contributed by atoms with Crippen molar-refractivity contribution in [3.8, 4) is 0 Å². The molecule has 3 nitrogen and oxygen atoms in total. The van der Waals surface area contributed by atoms with Crippen molar-refractivity contribution in [3.05, 3.63) is 10.6 Å². The number of aryl methyl sites for hydroxylation is 1. The zero-order valence-electron chi connectivity index (χ0n) is 11.5. The zero-order valence-corrected chi connectivity index (χ0v) is 12.3. The second-order valence-corrected chi connectivity index (χ2v) is 7.46. The average Bonchev–Trinajstić information content (AvgIpc) is 3.05. The molecule has 0 bridgehead atoms. The predicted octanol–water partition coefficient (Wildman–Crippen LogP) is 3.25. The Hall–Kier alpha value is -0.610. The van der Waals surface area contributed by atoms with Gasteiger partial charge in [-0.25, -0.2) is 4.98 Å². The molecule has 0 spiro atoms. The molecule has 2 N–H and O–H groups in total. The Morgan fingerprint density at radius 1 is 1.11 bits per heavy atom. The van der Waals surface area contributed by atoms with Crippen molar-refractivity contribution in [2.24, 2.45) is 11.7 Å². The second kappa shape index (κ2) is 4.74. The minimum absolute atomic E-state index is 0.193. The third-order valence-corrected chi connectivity index (χ3v) is 6.39. The third-order valence-electron chi connectivity index (χ3n) is 5.23. The van der Waals surface area contributed by atoms with Crippen LogP contribution in [0.1, 0.15) is 61.6 Å². The fraction of sp³-hybridized carbons (Fsp3) is 0.800. The average molecular weight is 277 g/mol. The number of thiazole rings is 1. The lowest BCUT2D eigenvalue weighted by Crippen LogP contribution is -2.42. The number of aromatic nitrogens is 1. The molecule has 2 heterocycles. The van der Waals surface area contributed by atoms with Gasteiger partial charge in [0.25, 0.3) is 0 Å². The van der Waals surface area contributed by atoms with E-state index < -0.39 is 0 Å². The topological polar surface area (TPSA) is 42.1 Å². The summed E-state index contributed by atoms with van der Waals surface area (Å²) in [6.45, 7) is 1.21. The minimum Gasteiger partial charge on any atom is -0.345 e. The lowest BCUT2D eigenvalue weighted by Gasteiger charge is -2.37. The van der Waals surface area contributed by atoms with Gasteiger partial charge in [-0.2, -0.15) is 0 Å². The van der Waals surface area contributed by atoms with E-state index in [9.17, 15) is 0 Å². The molecule has 4 rings (SSSR count). The van der Waals surface area contributed by atoms with E-state index in [1.807, 2.05) is 11.3 Å². The van der Waals surface area contributed by atoms with Gasteiger partial charge < -0.3 is 10.6 Å². The molecule has 3 atom stereocenters. The quantitative estimate of drug-likeness (QED) is 0.857. The molecule has 2 fully saturated rings. The molecule has 4 heteroatoms. The van der Waals surface area contributed by atoms with Crippen LogP contribution in [-0.4, -0.2) is 17.6 Å². The number of nitrogens with zero attached hydrogens (tertiary/aromatic N) is 2. The van der Waals surface area contributed by atoms with Crippen LogP contribution in [0.15, 0.2) is 0 Å². The van der Waals surface area contributed by atoms with Crippen molar-refractivity contribution < 1.29 is 0 Å². The molecule has 0 radical (unpaired) electrons. The summed E-state index contributed by atoms with van der Waals surface area (Å²) in [7, 11) is 0. The smallest absolute Gasteiger partial charge is 0.186 e. The Balaban J connectivity index is 1.64. The molecular formula is C15H23N3S. The summed E-state index contributed by atoms with van der Waals surface area (Å²) in [5.74, 6) is 0.934. The van der Waals surface area contributed by atoms with Crippen LogP contribution in [-0.2, 0) is 6.42 Å². The van der Waals surface area contributed by atoms with Crippen LogP contribution in [0.2, 0.25) is 0 Å². The fourth-order valence-corrected chi connectivity index (χ4v) is 5.51. The van der Waals surface area contributed by atoms with Crippen LogP contribution in [0, 0.1) is 5.92 Å². The largest absolute Gasteiger partial charge is 0.345 e. The maximum atomic E-state index is 6.22. The van der Waals surface area contributed by atoms with Crippen molar-refractivity contribution in [1.29, 1.82) is 0 Å². The van der Waals surface area contributed by atoms with Gasteiger partial charge in [0.1, 0.15) is 0 Å². The monoisotopic (exact) mass is 277 g/mol. The predicted molar refractivity (Wildman–Crippen MR) is 79.7 cm³/mol. The first-order valence-electron chi connectivity index (χ1n) is 7.85. The van der Waals surface area contributed by atoms with Crippen LogP contribution < -0.4 is 10.6 Å². The first-order valence-corrected chi connectivity index (χ1v) is 8.66. The summed E-state index contributed by atoms with van der Waals surface area (Å²) < 4.78 is 0. The summed E-state index contributed by atoms with van der Waals surface area (Å²) in [4.78, 5) is 9.02. The van der Waals surface area contributed by atoms with E-state index in [-0.39, 0.29) is 6.04 Å². The molecule has 2 aliphatic carbocycles. The standard InChI is InChI=1S/C15H23N3S/c16-11-6-2-8-13-14(11)17-15(19-13)18-9-3-5-10-4-1-7-12(10)18/h10-12H,1-9,16H2. The molecular weight excluding hydrogens is 254 g/mol. The first-order chi connectivity index (χ1) is 9.33. The highest BCUT2D eigenvalue weighted by Crippen LogP contribution is 2.42. The Morgan fingerprint density at radius 3 is 2.89 bits per heavy atom. The molecule has 0 amide bonds. The molecule has 1 aromatic rings. The van der Waals surface area contributed by atoms with Crippen molar-refractivity contribution >= 4 is 16.5 Å². The van der Waals surface area contributed by atoms with Crippen LogP contribution >= 0.6 is 11.3 Å². The highest BCUT2D eigenvalue weighted by molar-refractivity contribution is 7.15. The molecule has 3 aliphatic rings. The van der Waals surface area contributed by atoms with Gasteiger partial charge in [-0.1, -0.05) is 6.42 Å². The van der Waals surface area contributed by atoms with Gasteiger partial charge >= 0.3 is 0 Å². The van der Waals surface area contributed by atoms with Crippen molar-refractivity contribution in [3.63, 3.8) is 0 Å². The van der Waals surface area contributed by atoms with Crippen molar-refractivity contribution in [1.82, 2.24) is 4.98 Å². The Kier molecular flexibility index (Phi) is 3.03. The van der Waals surface area contributed by atoms with Gasteiger partial charge in [0.15, 0.2) is 5.13 Å². The van der Waals surface area contributed by atoms with Crippen LogP contribution in [0.5, 0.6) is 0 Å². The Bertz CT molecular complexity index is 470. The van der Waals surface area contributed by atoms with Gasteiger partial charge in [-0.15, -0.1) is 11.3 Å². The van der Waals surface area contributed by atoms with E-state index >= 15 is 0 Å². The van der Waals surface area contributed by atoms with Crippen molar-refractivity contribution in [2.75, 3.05) is 11.4 Å². The zero-order chi connectivity index (χ0) is 12.8. The number of nitrogens with two attached hydrogens (primary N) is 1. The van der Waals surface area contributed by atoms with Crippen LogP contribution in [0.3, 0.4) is 0 Å². The van der Waals surface area contributed by atoms with E-state index in [0.717, 1.165) is 18.4 Å². The van der Waals surface area contributed by atoms with Crippen LogP contribution in [0.4, 0.5) is 5.13 Å². The van der Waals surface area contributed by atoms with Gasteiger partial charge in [-0.05, 0) is 50.9 Å². The first kappa shape index (κ1) is 12.2. The highest BCUT2D eigenvalue weighted by Gasteiger charge is 2.37. The second-order valence-electron chi connectivity index (χ2n) is 6.40. The molecule has 1 aromatic heterocycles. The lowest BCUT2D eigenvalue weighted by molar-refractivity contribution is 0.362. The van der Waals surface area contributed by atoms with Gasteiger partial charge in [0.2, 0.25) is 0 Å². The number of fused-ring (bicyclic) bond motifs is 2. The third kappa shape index (κ3) is 2.00. The minimum atomic E-state index is 0.193. The lowest BCUT2D eigenvalue weighted by atomic mass is 9.92.